The van der Waals surface area contributed by atoms with Gasteiger partial charge in [0.05, 0.1) is 12.6 Å². The minimum Gasteiger partial charge on any atom is -0.394 e. The van der Waals surface area contributed by atoms with E-state index in [1.807, 2.05) is 24.5 Å². The molecule has 31 heavy (non-hydrogen) atoms. The fraction of sp³-hybridized carbons (Fsp3) is 0.320. The van der Waals surface area contributed by atoms with Gasteiger partial charge in [-0.25, -0.2) is 0 Å². The SMILES string of the molecule is O=C(c1ccc(-c2cncc(-c3ccnc(C4CC4)c3)c2)c(Cl)c1)N1CCCC1CO. The van der Waals surface area contributed by atoms with Crippen molar-refractivity contribution in [1.29, 1.82) is 0 Å². The molecule has 2 fully saturated rings. The summed E-state index contributed by atoms with van der Waals surface area (Å²) < 4.78 is 0. The summed E-state index contributed by atoms with van der Waals surface area (Å²) in [7, 11) is 0. The Labute approximate surface area is 186 Å². The van der Waals surface area contributed by atoms with Crippen molar-refractivity contribution < 1.29 is 9.90 Å². The first-order chi connectivity index (χ1) is 15.1. The van der Waals surface area contributed by atoms with E-state index >= 15 is 0 Å². The minimum atomic E-state index is -0.104. The molecular weight excluding hydrogens is 410 g/mol. The molecule has 1 atom stereocenters. The second-order valence-electron chi connectivity index (χ2n) is 8.38. The number of halogens is 1. The zero-order chi connectivity index (χ0) is 21.4. The molecule has 2 aliphatic rings. The van der Waals surface area contributed by atoms with Crippen LogP contribution >= 0.6 is 11.6 Å². The Morgan fingerprint density at radius 3 is 2.68 bits per heavy atom. The van der Waals surface area contributed by atoms with Crippen LogP contribution < -0.4 is 0 Å². The number of aromatic nitrogens is 2. The molecule has 1 aliphatic carbocycles. The molecule has 0 bridgehead atoms. The fourth-order valence-electron chi connectivity index (χ4n) is 4.32. The van der Waals surface area contributed by atoms with Gasteiger partial charge >= 0.3 is 0 Å². The molecule has 2 aromatic heterocycles. The van der Waals surface area contributed by atoms with E-state index in [-0.39, 0.29) is 18.6 Å². The number of amides is 1. The van der Waals surface area contributed by atoms with Gasteiger partial charge in [0.15, 0.2) is 0 Å². The topological polar surface area (TPSA) is 66.3 Å². The van der Waals surface area contributed by atoms with Crippen molar-refractivity contribution in [3.63, 3.8) is 0 Å². The molecule has 1 N–H and O–H groups in total. The van der Waals surface area contributed by atoms with E-state index in [9.17, 15) is 9.90 Å². The lowest BCUT2D eigenvalue weighted by atomic mass is 10.0. The highest BCUT2D eigenvalue weighted by atomic mass is 35.5. The summed E-state index contributed by atoms with van der Waals surface area (Å²) >= 11 is 6.60. The number of hydrogen-bond acceptors (Lipinski definition) is 4. The molecule has 5 nitrogen and oxygen atoms in total. The van der Waals surface area contributed by atoms with Gasteiger partial charge in [-0.3, -0.25) is 14.8 Å². The average Bonchev–Trinajstić information content (AvgIpc) is 3.55. The normalized spacial score (nSPS) is 18.4. The maximum absolute atomic E-state index is 12.9. The summed E-state index contributed by atoms with van der Waals surface area (Å²) in [5.74, 6) is 0.512. The van der Waals surface area contributed by atoms with Crippen molar-refractivity contribution in [2.45, 2.75) is 37.6 Å². The standard InChI is InChI=1S/C25H24ClN3O2/c26-23-11-18(25(31)29-9-1-2-21(29)15-30)5-6-22(23)20-10-19(13-27-14-20)17-7-8-28-24(12-17)16-3-4-16/h5-8,10-14,16,21,30H,1-4,9,15H2. The number of hydrogen-bond donors (Lipinski definition) is 1. The van der Waals surface area contributed by atoms with Crippen LogP contribution in [-0.2, 0) is 0 Å². The van der Waals surface area contributed by atoms with Gasteiger partial charge in [-0.05, 0) is 61.6 Å². The number of aliphatic hydroxyl groups excluding tert-OH is 1. The lowest BCUT2D eigenvalue weighted by molar-refractivity contribution is 0.0677. The molecule has 6 heteroatoms. The van der Waals surface area contributed by atoms with Gasteiger partial charge in [0.2, 0.25) is 0 Å². The summed E-state index contributed by atoms with van der Waals surface area (Å²) in [5, 5.41) is 10.0. The number of carbonyl (C=O) groups is 1. The average molecular weight is 434 g/mol. The molecule has 0 radical (unpaired) electrons. The van der Waals surface area contributed by atoms with E-state index < -0.39 is 0 Å². The Morgan fingerprint density at radius 1 is 1.06 bits per heavy atom. The largest absolute Gasteiger partial charge is 0.394 e. The number of rotatable bonds is 5. The summed E-state index contributed by atoms with van der Waals surface area (Å²) in [5.41, 5.74) is 5.54. The van der Waals surface area contributed by atoms with Gasteiger partial charge in [0.25, 0.3) is 5.91 Å². The Balaban J connectivity index is 1.42. The van der Waals surface area contributed by atoms with E-state index in [0.29, 0.717) is 23.0 Å². The van der Waals surface area contributed by atoms with Gasteiger partial charge in [-0.1, -0.05) is 17.7 Å². The van der Waals surface area contributed by atoms with Crippen LogP contribution in [0.5, 0.6) is 0 Å². The van der Waals surface area contributed by atoms with Gasteiger partial charge in [-0.15, -0.1) is 0 Å². The molecule has 3 heterocycles. The number of aliphatic hydroxyl groups is 1. The van der Waals surface area contributed by atoms with E-state index in [4.69, 9.17) is 11.6 Å². The van der Waals surface area contributed by atoms with Crippen LogP contribution in [0.4, 0.5) is 0 Å². The number of carbonyl (C=O) groups excluding carboxylic acids is 1. The third-order valence-corrected chi connectivity index (χ3v) is 6.54. The first kappa shape index (κ1) is 20.2. The highest BCUT2D eigenvalue weighted by molar-refractivity contribution is 6.33. The zero-order valence-corrected chi connectivity index (χ0v) is 17.9. The van der Waals surface area contributed by atoms with Crippen LogP contribution in [0.3, 0.4) is 0 Å². The highest BCUT2D eigenvalue weighted by Gasteiger charge is 2.29. The van der Waals surface area contributed by atoms with Crippen LogP contribution in [0.1, 0.15) is 47.7 Å². The molecular formula is C25H24ClN3O2. The lowest BCUT2D eigenvalue weighted by Gasteiger charge is -2.23. The van der Waals surface area contributed by atoms with E-state index in [1.54, 1.807) is 23.2 Å². The Morgan fingerprint density at radius 2 is 1.90 bits per heavy atom. The van der Waals surface area contributed by atoms with Gasteiger partial charge in [-0.2, -0.15) is 0 Å². The summed E-state index contributed by atoms with van der Waals surface area (Å²) in [6.45, 7) is 0.664. The van der Waals surface area contributed by atoms with Crippen molar-refractivity contribution in [2.24, 2.45) is 0 Å². The molecule has 1 aromatic carbocycles. The van der Waals surface area contributed by atoms with Crippen LogP contribution in [0.2, 0.25) is 5.02 Å². The van der Waals surface area contributed by atoms with Crippen LogP contribution in [-0.4, -0.2) is 45.1 Å². The molecule has 1 aliphatic heterocycles. The maximum Gasteiger partial charge on any atom is 0.254 e. The molecule has 1 amide bonds. The van der Waals surface area contributed by atoms with Gasteiger partial charge < -0.3 is 10.0 Å². The minimum absolute atomic E-state index is 0.00646. The van der Waals surface area contributed by atoms with E-state index in [1.165, 1.54) is 12.8 Å². The summed E-state index contributed by atoms with van der Waals surface area (Å²) in [6, 6.07) is 11.5. The quantitative estimate of drug-likeness (QED) is 0.619. The Bertz CT molecular complexity index is 1130. The van der Waals surface area contributed by atoms with Crippen LogP contribution in [0.25, 0.3) is 22.3 Å². The second-order valence-corrected chi connectivity index (χ2v) is 8.78. The molecule has 1 unspecified atom stereocenters. The molecule has 1 saturated carbocycles. The Kier molecular flexibility index (Phi) is 5.47. The highest BCUT2D eigenvalue weighted by Crippen LogP contribution is 2.40. The predicted molar refractivity (Wildman–Crippen MR) is 121 cm³/mol. The fourth-order valence-corrected chi connectivity index (χ4v) is 4.61. The lowest BCUT2D eigenvalue weighted by Crippen LogP contribution is -2.37. The van der Waals surface area contributed by atoms with Crippen molar-refractivity contribution in [3.05, 3.63) is 71.3 Å². The number of likely N-dealkylation sites (tertiary alicyclic amines) is 1. The molecule has 3 aromatic rings. The van der Waals surface area contributed by atoms with Gasteiger partial charge in [0.1, 0.15) is 0 Å². The summed E-state index contributed by atoms with van der Waals surface area (Å²) in [6.07, 6.45) is 9.68. The van der Waals surface area contributed by atoms with Crippen LogP contribution in [0, 0.1) is 0 Å². The predicted octanol–water partition coefficient (Wildman–Crippen LogP) is 4.94. The molecule has 158 valence electrons. The zero-order valence-electron chi connectivity index (χ0n) is 17.2. The van der Waals surface area contributed by atoms with Crippen LogP contribution in [0.15, 0.2) is 55.0 Å². The Hall–Kier alpha value is -2.76. The van der Waals surface area contributed by atoms with Crippen molar-refractivity contribution in [1.82, 2.24) is 14.9 Å². The second kappa shape index (κ2) is 8.40. The monoisotopic (exact) mass is 433 g/mol. The van der Waals surface area contributed by atoms with Crippen molar-refractivity contribution in [2.75, 3.05) is 13.2 Å². The third kappa shape index (κ3) is 4.08. The molecule has 1 saturated heterocycles. The first-order valence-corrected chi connectivity index (χ1v) is 11.1. The number of pyridine rings is 2. The van der Waals surface area contributed by atoms with Crippen molar-refractivity contribution in [3.8, 4) is 22.3 Å². The van der Waals surface area contributed by atoms with E-state index in [0.717, 1.165) is 40.8 Å². The number of benzene rings is 1. The van der Waals surface area contributed by atoms with Gasteiger partial charge in [0, 0.05) is 64.0 Å². The third-order valence-electron chi connectivity index (χ3n) is 6.22. The first-order valence-electron chi connectivity index (χ1n) is 10.8. The smallest absolute Gasteiger partial charge is 0.254 e. The van der Waals surface area contributed by atoms with Crippen molar-refractivity contribution >= 4 is 17.5 Å². The van der Waals surface area contributed by atoms with E-state index in [2.05, 4.69) is 22.1 Å². The number of nitrogens with zero attached hydrogens (tertiary/aromatic N) is 3. The molecule has 0 spiro atoms. The molecule has 5 rings (SSSR count). The summed E-state index contributed by atoms with van der Waals surface area (Å²) in [4.78, 5) is 23.6. The maximum atomic E-state index is 12.9.